The summed E-state index contributed by atoms with van der Waals surface area (Å²) in [7, 11) is 1.78. The van der Waals surface area contributed by atoms with E-state index < -0.39 is 0 Å². The van der Waals surface area contributed by atoms with E-state index in [9.17, 15) is 0 Å². The van der Waals surface area contributed by atoms with Crippen molar-refractivity contribution in [3.63, 3.8) is 0 Å². The number of aryl methyl sites for hydroxylation is 1. The number of halogens is 2. The van der Waals surface area contributed by atoms with Gasteiger partial charge in [0.2, 0.25) is 0 Å². The van der Waals surface area contributed by atoms with Crippen LogP contribution in [0.2, 0.25) is 10.3 Å². The van der Waals surface area contributed by atoms with E-state index in [0.717, 1.165) is 0 Å². The summed E-state index contributed by atoms with van der Waals surface area (Å²) in [6, 6.07) is 1.49. The average Bonchev–Trinajstić information content (AvgIpc) is 2.58. The molecule has 15 heavy (non-hydrogen) atoms. The molecular formula is C8H6Cl2N4O. The van der Waals surface area contributed by atoms with Gasteiger partial charge in [0.1, 0.15) is 0 Å². The minimum absolute atomic E-state index is 0.156. The third-order valence-electron chi connectivity index (χ3n) is 1.60. The maximum absolute atomic E-state index is 5.77. The molecule has 2 heterocycles. The number of hydrogen-bond acceptors (Lipinski definition) is 4. The molecule has 0 atom stereocenters. The summed E-state index contributed by atoms with van der Waals surface area (Å²) in [6.45, 7) is 0. The average molecular weight is 245 g/mol. The summed E-state index contributed by atoms with van der Waals surface area (Å²) < 4.78 is 7.02. The highest BCUT2D eigenvalue weighted by molar-refractivity contribution is 6.32. The van der Waals surface area contributed by atoms with Crippen LogP contribution < -0.4 is 4.74 Å². The van der Waals surface area contributed by atoms with Crippen LogP contribution in [-0.2, 0) is 7.05 Å². The standard InChI is InChI=1S/C8H6Cl2N4O/c1-14-4-5(3-11-14)15-6-2-7(9)12-13-8(6)10/h2-4H,1H3. The van der Waals surface area contributed by atoms with Crippen molar-refractivity contribution in [1.82, 2.24) is 20.0 Å². The van der Waals surface area contributed by atoms with E-state index in [-0.39, 0.29) is 10.3 Å². The van der Waals surface area contributed by atoms with Gasteiger partial charge in [-0.25, -0.2) is 0 Å². The molecule has 0 amide bonds. The number of hydrogen-bond donors (Lipinski definition) is 0. The first-order chi connectivity index (χ1) is 7.15. The molecule has 0 aliphatic carbocycles. The molecule has 0 N–H and O–H groups in total. The van der Waals surface area contributed by atoms with Gasteiger partial charge in [0.25, 0.3) is 0 Å². The summed E-state index contributed by atoms with van der Waals surface area (Å²) in [5.41, 5.74) is 0. The SMILES string of the molecule is Cn1cc(Oc2cc(Cl)nnc2Cl)cn1. The summed E-state index contributed by atoms with van der Waals surface area (Å²) in [5, 5.41) is 11.5. The number of nitrogens with zero attached hydrogens (tertiary/aromatic N) is 4. The Balaban J connectivity index is 2.27. The van der Waals surface area contributed by atoms with Crippen LogP contribution in [0.3, 0.4) is 0 Å². The van der Waals surface area contributed by atoms with E-state index in [1.807, 2.05) is 0 Å². The molecule has 0 aromatic carbocycles. The van der Waals surface area contributed by atoms with Crippen molar-refractivity contribution in [2.75, 3.05) is 0 Å². The predicted octanol–water partition coefficient (Wildman–Crippen LogP) is 2.31. The highest BCUT2D eigenvalue weighted by atomic mass is 35.5. The lowest BCUT2D eigenvalue weighted by Crippen LogP contribution is -1.89. The minimum atomic E-state index is 0.156. The smallest absolute Gasteiger partial charge is 0.194 e. The largest absolute Gasteiger partial charge is 0.451 e. The lowest BCUT2D eigenvalue weighted by molar-refractivity contribution is 0.478. The van der Waals surface area contributed by atoms with Gasteiger partial charge >= 0.3 is 0 Å². The van der Waals surface area contributed by atoms with Crippen LogP contribution in [0.5, 0.6) is 11.5 Å². The molecule has 5 nitrogen and oxygen atoms in total. The third kappa shape index (κ3) is 2.37. The molecule has 0 bridgehead atoms. The van der Waals surface area contributed by atoms with E-state index in [2.05, 4.69) is 15.3 Å². The van der Waals surface area contributed by atoms with E-state index >= 15 is 0 Å². The fraction of sp³-hybridized carbons (Fsp3) is 0.125. The van der Waals surface area contributed by atoms with Crippen LogP contribution in [0.15, 0.2) is 18.5 Å². The van der Waals surface area contributed by atoms with Gasteiger partial charge in [0.05, 0.1) is 12.4 Å². The monoisotopic (exact) mass is 244 g/mol. The fourth-order valence-electron chi connectivity index (χ4n) is 0.988. The van der Waals surface area contributed by atoms with E-state index in [1.165, 1.54) is 6.07 Å². The van der Waals surface area contributed by atoms with Crippen LogP contribution in [0.4, 0.5) is 0 Å². The van der Waals surface area contributed by atoms with Gasteiger partial charge in [0.15, 0.2) is 21.8 Å². The zero-order chi connectivity index (χ0) is 10.8. The lowest BCUT2D eigenvalue weighted by Gasteiger charge is -2.03. The molecule has 7 heteroatoms. The highest BCUT2D eigenvalue weighted by Crippen LogP contribution is 2.28. The molecule has 2 rings (SSSR count). The second-order valence-electron chi connectivity index (χ2n) is 2.77. The third-order valence-corrected chi connectivity index (χ3v) is 2.04. The Morgan fingerprint density at radius 2 is 2.13 bits per heavy atom. The summed E-state index contributed by atoms with van der Waals surface area (Å²) >= 11 is 11.4. The first-order valence-electron chi connectivity index (χ1n) is 4.00. The zero-order valence-electron chi connectivity index (χ0n) is 7.69. The van der Waals surface area contributed by atoms with Gasteiger partial charge in [-0.05, 0) is 0 Å². The van der Waals surface area contributed by atoms with Crippen molar-refractivity contribution in [2.45, 2.75) is 0 Å². The molecule has 0 saturated heterocycles. The van der Waals surface area contributed by atoms with Crippen LogP contribution >= 0.6 is 23.2 Å². The van der Waals surface area contributed by atoms with Gasteiger partial charge in [-0.3, -0.25) is 4.68 Å². The summed E-state index contributed by atoms with van der Waals surface area (Å²) in [5.74, 6) is 0.910. The van der Waals surface area contributed by atoms with Crippen molar-refractivity contribution in [3.8, 4) is 11.5 Å². The topological polar surface area (TPSA) is 52.8 Å². The molecular weight excluding hydrogens is 239 g/mol. The Morgan fingerprint density at radius 1 is 1.33 bits per heavy atom. The molecule has 0 saturated carbocycles. The van der Waals surface area contributed by atoms with Gasteiger partial charge in [-0.2, -0.15) is 5.10 Å². The number of aromatic nitrogens is 4. The van der Waals surface area contributed by atoms with Crippen LogP contribution in [0, 0.1) is 0 Å². The zero-order valence-corrected chi connectivity index (χ0v) is 9.20. The Hall–Kier alpha value is -1.33. The molecule has 78 valence electrons. The molecule has 0 aliphatic rings. The molecule has 0 unspecified atom stereocenters. The molecule has 2 aromatic heterocycles. The van der Waals surface area contributed by atoms with E-state index in [0.29, 0.717) is 11.5 Å². The molecule has 0 spiro atoms. The van der Waals surface area contributed by atoms with Crippen LogP contribution in [0.1, 0.15) is 0 Å². The van der Waals surface area contributed by atoms with Gasteiger partial charge in [-0.15, -0.1) is 10.2 Å². The lowest BCUT2D eigenvalue weighted by atomic mass is 10.5. The number of ether oxygens (including phenoxy) is 1. The Labute approximate surface area is 95.6 Å². The summed E-state index contributed by atoms with van der Waals surface area (Å²) in [4.78, 5) is 0. The minimum Gasteiger partial charge on any atom is -0.451 e. The fourth-order valence-corrected chi connectivity index (χ4v) is 1.26. The first-order valence-corrected chi connectivity index (χ1v) is 4.76. The van der Waals surface area contributed by atoms with Crippen LogP contribution in [-0.4, -0.2) is 20.0 Å². The normalized spacial score (nSPS) is 10.3. The maximum Gasteiger partial charge on any atom is 0.194 e. The summed E-state index contributed by atoms with van der Waals surface area (Å²) in [6.07, 6.45) is 3.26. The van der Waals surface area contributed by atoms with E-state index in [1.54, 1.807) is 24.1 Å². The predicted molar refractivity (Wildman–Crippen MR) is 55.3 cm³/mol. The molecule has 2 aromatic rings. The Kier molecular flexibility index (Phi) is 2.75. The highest BCUT2D eigenvalue weighted by Gasteiger charge is 2.07. The molecule has 0 aliphatic heterocycles. The molecule has 0 fully saturated rings. The number of rotatable bonds is 2. The van der Waals surface area contributed by atoms with Crippen molar-refractivity contribution in [2.24, 2.45) is 7.05 Å². The molecule has 0 radical (unpaired) electrons. The van der Waals surface area contributed by atoms with E-state index in [4.69, 9.17) is 27.9 Å². The maximum atomic E-state index is 5.77. The second-order valence-corrected chi connectivity index (χ2v) is 3.52. The first kappa shape index (κ1) is 10.2. The van der Waals surface area contributed by atoms with Crippen molar-refractivity contribution in [1.29, 1.82) is 0 Å². The van der Waals surface area contributed by atoms with Crippen molar-refractivity contribution in [3.05, 3.63) is 28.8 Å². The van der Waals surface area contributed by atoms with Gasteiger partial charge in [0, 0.05) is 13.1 Å². The van der Waals surface area contributed by atoms with Crippen molar-refractivity contribution < 1.29 is 4.74 Å². The van der Waals surface area contributed by atoms with Gasteiger partial charge in [-0.1, -0.05) is 23.2 Å². The van der Waals surface area contributed by atoms with Gasteiger partial charge < -0.3 is 4.74 Å². The quantitative estimate of drug-likeness (QED) is 0.814. The Bertz CT molecular complexity index is 485. The Morgan fingerprint density at radius 3 is 2.80 bits per heavy atom. The van der Waals surface area contributed by atoms with Crippen LogP contribution in [0.25, 0.3) is 0 Å². The second kappa shape index (κ2) is 4.04. The van der Waals surface area contributed by atoms with Crippen molar-refractivity contribution >= 4 is 23.2 Å².